The van der Waals surface area contributed by atoms with E-state index in [1.165, 1.54) is 0 Å². The van der Waals surface area contributed by atoms with Crippen molar-refractivity contribution in [3.05, 3.63) is 11.6 Å². The quantitative estimate of drug-likeness (QED) is 0.630. The lowest BCUT2D eigenvalue weighted by molar-refractivity contribution is -0.129. The molecule has 1 rings (SSSR count). The van der Waals surface area contributed by atoms with Gasteiger partial charge in [0.1, 0.15) is 4.32 Å². The fourth-order valence-corrected chi connectivity index (χ4v) is 3.35. The van der Waals surface area contributed by atoms with E-state index in [1.54, 1.807) is 22.7 Å². The van der Waals surface area contributed by atoms with E-state index in [4.69, 9.17) is 12.2 Å². The van der Waals surface area contributed by atoms with Crippen molar-refractivity contribution in [2.24, 2.45) is 0 Å². The maximum absolute atomic E-state index is 12.1. The monoisotopic (exact) mass is 273 g/mol. The van der Waals surface area contributed by atoms with Crippen molar-refractivity contribution < 1.29 is 9.90 Å². The van der Waals surface area contributed by atoms with E-state index >= 15 is 0 Å². The van der Waals surface area contributed by atoms with Gasteiger partial charge in [-0.05, 0) is 20.3 Å². The minimum atomic E-state index is -0.710. The fraction of sp³-hybridized carbons (Fsp3) is 0.667. The standard InChI is InChI=1S/C12H19NO2S2/c1-4-9-7-17-12(16)13(9)11(15)6-10(14)5-8(2)3/h5,9-10,14H,4,6-7H2,1-3H3/t9-,10-/m0/s1. The molecule has 0 aromatic heterocycles. The Morgan fingerprint density at radius 1 is 1.71 bits per heavy atom. The van der Waals surface area contributed by atoms with Gasteiger partial charge in [0, 0.05) is 11.8 Å². The Bertz CT molecular complexity index is 337. The zero-order chi connectivity index (χ0) is 13.0. The maximum Gasteiger partial charge on any atom is 0.231 e. The molecule has 17 heavy (non-hydrogen) atoms. The first-order valence-electron chi connectivity index (χ1n) is 5.77. The number of carbonyl (C=O) groups excluding carboxylic acids is 1. The number of aliphatic hydroxyl groups is 1. The zero-order valence-electron chi connectivity index (χ0n) is 10.5. The van der Waals surface area contributed by atoms with Crippen LogP contribution in [0.1, 0.15) is 33.6 Å². The summed E-state index contributed by atoms with van der Waals surface area (Å²) >= 11 is 6.72. The third-order valence-corrected chi connectivity index (χ3v) is 4.16. The summed E-state index contributed by atoms with van der Waals surface area (Å²) in [6, 6.07) is 0.193. The first-order valence-corrected chi connectivity index (χ1v) is 7.17. The van der Waals surface area contributed by atoms with Gasteiger partial charge in [0.25, 0.3) is 0 Å². The predicted octanol–water partition coefficient (Wildman–Crippen LogP) is 2.34. The normalized spacial score (nSPS) is 21.5. The molecule has 1 N–H and O–H groups in total. The van der Waals surface area contributed by atoms with Gasteiger partial charge in [0.15, 0.2) is 0 Å². The molecule has 3 nitrogen and oxygen atoms in total. The SMILES string of the molecule is CC[C@H]1CSC(=S)N1C(=O)C[C@@H](O)C=C(C)C. The van der Waals surface area contributed by atoms with Gasteiger partial charge in [0.05, 0.1) is 12.5 Å². The van der Waals surface area contributed by atoms with Crippen LogP contribution in [0.4, 0.5) is 0 Å². The fourth-order valence-electron chi connectivity index (χ4n) is 1.79. The molecular weight excluding hydrogens is 254 g/mol. The van der Waals surface area contributed by atoms with Crippen molar-refractivity contribution in [1.29, 1.82) is 0 Å². The molecule has 96 valence electrons. The Morgan fingerprint density at radius 2 is 2.35 bits per heavy atom. The van der Waals surface area contributed by atoms with Crippen molar-refractivity contribution in [1.82, 2.24) is 4.90 Å². The summed E-state index contributed by atoms with van der Waals surface area (Å²) in [4.78, 5) is 13.7. The van der Waals surface area contributed by atoms with Gasteiger partial charge in [-0.15, -0.1) is 0 Å². The van der Waals surface area contributed by atoms with Crippen LogP contribution in [0.5, 0.6) is 0 Å². The van der Waals surface area contributed by atoms with Gasteiger partial charge in [0.2, 0.25) is 5.91 Å². The zero-order valence-corrected chi connectivity index (χ0v) is 12.1. The summed E-state index contributed by atoms with van der Waals surface area (Å²) in [7, 11) is 0. The third kappa shape index (κ3) is 4.08. The summed E-state index contributed by atoms with van der Waals surface area (Å²) in [5.41, 5.74) is 1.01. The number of aliphatic hydroxyl groups excluding tert-OH is 1. The number of nitrogens with zero attached hydrogens (tertiary/aromatic N) is 1. The molecule has 1 heterocycles. The molecule has 0 bridgehead atoms. The van der Waals surface area contributed by atoms with Crippen molar-refractivity contribution >= 4 is 34.2 Å². The number of thioether (sulfide) groups is 1. The van der Waals surface area contributed by atoms with E-state index in [0.717, 1.165) is 17.7 Å². The van der Waals surface area contributed by atoms with Crippen molar-refractivity contribution in [2.45, 2.75) is 45.8 Å². The molecule has 5 heteroatoms. The van der Waals surface area contributed by atoms with E-state index in [2.05, 4.69) is 0 Å². The lowest BCUT2D eigenvalue weighted by Gasteiger charge is -2.23. The van der Waals surface area contributed by atoms with Gasteiger partial charge in [-0.3, -0.25) is 9.69 Å². The summed E-state index contributed by atoms with van der Waals surface area (Å²) < 4.78 is 0.645. The van der Waals surface area contributed by atoms with Crippen LogP contribution < -0.4 is 0 Å². The smallest absolute Gasteiger partial charge is 0.231 e. The molecule has 0 aromatic rings. The van der Waals surface area contributed by atoms with Crippen LogP contribution >= 0.6 is 24.0 Å². The highest BCUT2D eigenvalue weighted by Crippen LogP contribution is 2.27. The lowest BCUT2D eigenvalue weighted by atomic mass is 10.1. The largest absolute Gasteiger partial charge is 0.388 e. The van der Waals surface area contributed by atoms with E-state index in [-0.39, 0.29) is 18.4 Å². The highest BCUT2D eigenvalue weighted by molar-refractivity contribution is 8.23. The maximum atomic E-state index is 12.1. The molecule has 0 aromatic carbocycles. The number of hydrogen-bond donors (Lipinski definition) is 1. The minimum Gasteiger partial charge on any atom is -0.388 e. The second kappa shape index (κ2) is 6.52. The highest BCUT2D eigenvalue weighted by Gasteiger charge is 2.32. The van der Waals surface area contributed by atoms with Crippen LogP contribution in [-0.2, 0) is 4.79 Å². The van der Waals surface area contributed by atoms with E-state index in [0.29, 0.717) is 4.32 Å². The number of rotatable bonds is 4. The summed E-state index contributed by atoms with van der Waals surface area (Å²) in [5, 5.41) is 9.72. The molecule has 1 amide bonds. The predicted molar refractivity (Wildman–Crippen MR) is 76.0 cm³/mol. The topological polar surface area (TPSA) is 40.5 Å². The molecule has 0 radical (unpaired) electrons. The first kappa shape index (κ1) is 14.7. The van der Waals surface area contributed by atoms with Gasteiger partial charge < -0.3 is 5.11 Å². The molecule has 1 aliphatic heterocycles. The molecule has 0 saturated carbocycles. The first-order chi connectivity index (χ1) is 7.95. The van der Waals surface area contributed by atoms with Crippen LogP contribution in [0.15, 0.2) is 11.6 Å². The molecule has 0 spiro atoms. The Balaban J connectivity index is 2.63. The van der Waals surface area contributed by atoms with Crippen molar-refractivity contribution in [2.75, 3.05) is 5.75 Å². The van der Waals surface area contributed by atoms with Gasteiger partial charge in [-0.25, -0.2) is 0 Å². The highest BCUT2D eigenvalue weighted by atomic mass is 32.2. The van der Waals surface area contributed by atoms with Crippen LogP contribution in [0.3, 0.4) is 0 Å². The number of hydrogen-bond acceptors (Lipinski definition) is 4. The third-order valence-electron chi connectivity index (χ3n) is 2.61. The van der Waals surface area contributed by atoms with E-state index in [9.17, 15) is 9.90 Å². The Kier molecular flexibility index (Phi) is 5.62. The average molecular weight is 273 g/mol. The number of amides is 1. The summed E-state index contributed by atoms with van der Waals surface area (Å²) in [6.45, 7) is 5.85. The van der Waals surface area contributed by atoms with Gasteiger partial charge in [-0.2, -0.15) is 0 Å². The van der Waals surface area contributed by atoms with Gasteiger partial charge in [-0.1, -0.05) is 42.6 Å². The molecule has 1 saturated heterocycles. The Labute approximate surface area is 112 Å². The molecule has 1 fully saturated rings. The van der Waals surface area contributed by atoms with E-state index < -0.39 is 6.10 Å². The Morgan fingerprint density at radius 3 is 2.88 bits per heavy atom. The van der Waals surface area contributed by atoms with Crippen LogP contribution in [0, 0.1) is 0 Å². The summed E-state index contributed by atoms with van der Waals surface area (Å²) in [5.74, 6) is 0.802. The minimum absolute atomic E-state index is 0.0724. The van der Waals surface area contributed by atoms with Gasteiger partial charge >= 0.3 is 0 Å². The molecule has 0 unspecified atom stereocenters. The van der Waals surface area contributed by atoms with E-state index in [1.807, 2.05) is 20.8 Å². The van der Waals surface area contributed by atoms with Crippen LogP contribution in [0.25, 0.3) is 0 Å². The molecule has 2 atom stereocenters. The lowest BCUT2D eigenvalue weighted by Crippen LogP contribution is -2.39. The molecular formula is C12H19NO2S2. The second-order valence-electron chi connectivity index (χ2n) is 4.42. The Hall–Kier alpha value is -0.390. The molecule has 0 aliphatic carbocycles. The number of thiocarbonyl (C=S) groups is 1. The average Bonchev–Trinajstić information content (AvgIpc) is 2.57. The van der Waals surface area contributed by atoms with Crippen molar-refractivity contribution in [3.63, 3.8) is 0 Å². The van der Waals surface area contributed by atoms with Crippen molar-refractivity contribution in [3.8, 4) is 0 Å². The van der Waals surface area contributed by atoms with Crippen LogP contribution in [0.2, 0.25) is 0 Å². The number of carbonyl (C=O) groups is 1. The number of allylic oxidation sites excluding steroid dienone is 1. The summed E-state index contributed by atoms with van der Waals surface area (Å²) in [6.07, 6.45) is 2.00. The molecule has 1 aliphatic rings. The second-order valence-corrected chi connectivity index (χ2v) is 6.07. The van der Waals surface area contributed by atoms with Crippen LogP contribution in [-0.4, -0.2) is 38.1 Å².